The second kappa shape index (κ2) is 7.42. The molecule has 0 heterocycles. The number of ether oxygens (including phenoxy) is 1. The molecule has 1 aromatic carbocycles. The van der Waals surface area contributed by atoms with E-state index in [1.807, 2.05) is 30.3 Å². The largest absolute Gasteiger partial charge is 0.494 e. The van der Waals surface area contributed by atoms with Crippen molar-refractivity contribution >= 4 is 0 Å². The lowest BCUT2D eigenvalue weighted by molar-refractivity contribution is 0.151. The van der Waals surface area contributed by atoms with Crippen LogP contribution in [0.15, 0.2) is 30.3 Å². The van der Waals surface area contributed by atoms with Crippen LogP contribution in [-0.4, -0.2) is 19.7 Å². The van der Waals surface area contributed by atoms with Crippen LogP contribution >= 0.6 is 0 Å². The molecular formula is C16H27NO. The van der Waals surface area contributed by atoms with Crippen LogP contribution in [0.2, 0.25) is 0 Å². The fourth-order valence-corrected chi connectivity index (χ4v) is 1.91. The van der Waals surface area contributed by atoms with Crippen molar-refractivity contribution in [3.05, 3.63) is 30.3 Å². The fraction of sp³-hybridized carbons (Fsp3) is 0.625. The Bertz CT molecular complexity index is 323. The van der Waals surface area contributed by atoms with Crippen molar-refractivity contribution in [3.8, 4) is 5.75 Å². The summed E-state index contributed by atoms with van der Waals surface area (Å²) in [7, 11) is 0. The molecule has 0 saturated heterocycles. The molecule has 1 N–H and O–H groups in total. The number of rotatable bonds is 8. The zero-order chi connectivity index (χ0) is 13.4. The highest BCUT2D eigenvalue weighted by Crippen LogP contribution is 2.30. The van der Waals surface area contributed by atoms with Crippen molar-refractivity contribution < 1.29 is 4.74 Å². The molecule has 0 radical (unpaired) electrons. The predicted molar refractivity (Wildman–Crippen MR) is 78.0 cm³/mol. The average Bonchev–Trinajstić information content (AvgIpc) is 2.37. The molecule has 2 heteroatoms. The van der Waals surface area contributed by atoms with E-state index in [0.717, 1.165) is 31.9 Å². The summed E-state index contributed by atoms with van der Waals surface area (Å²) in [5, 5.41) is 3.46. The molecule has 0 fully saturated rings. The third-order valence-electron chi connectivity index (χ3n) is 3.86. The van der Waals surface area contributed by atoms with Gasteiger partial charge in [0.25, 0.3) is 0 Å². The number of hydrogen-bond acceptors (Lipinski definition) is 2. The Morgan fingerprint density at radius 2 is 1.89 bits per heavy atom. The summed E-state index contributed by atoms with van der Waals surface area (Å²) in [5.74, 6) is 1.61. The highest BCUT2D eigenvalue weighted by molar-refractivity contribution is 5.20. The van der Waals surface area contributed by atoms with Gasteiger partial charge in [-0.1, -0.05) is 45.9 Å². The zero-order valence-corrected chi connectivity index (χ0v) is 12.2. The van der Waals surface area contributed by atoms with Gasteiger partial charge in [-0.05, 0) is 36.4 Å². The maximum atomic E-state index is 5.80. The van der Waals surface area contributed by atoms with Gasteiger partial charge in [0.1, 0.15) is 5.75 Å². The number of para-hydroxylation sites is 1. The van der Waals surface area contributed by atoms with Crippen LogP contribution in [-0.2, 0) is 0 Å². The molecule has 0 amide bonds. The molecule has 0 spiro atoms. The first kappa shape index (κ1) is 15.0. The van der Waals surface area contributed by atoms with Crippen molar-refractivity contribution in [2.75, 3.05) is 19.7 Å². The van der Waals surface area contributed by atoms with Crippen molar-refractivity contribution in [2.45, 2.75) is 34.1 Å². The van der Waals surface area contributed by atoms with Gasteiger partial charge in [-0.2, -0.15) is 0 Å². The van der Waals surface area contributed by atoms with E-state index in [1.54, 1.807) is 0 Å². The van der Waals surface area contributed by atoms with E-state index in [9.17, 15) is 0 Å². The summed E-state index contributed by atoms with van der Waals surface area (Å²) in [6.45, 7) is 11.9. The predicted octanol–water partition coefficient (Wildman–Crippen LogP) is 3.73. The Kier molecular flexibility index (Phi) is 6.20. The van der Waals surface area contributed by atoms with Gasteiger partial charge in [0.05, 0.1) is 6.61 Å². The maximum Gasteiger partial charge on any atom is 0.119 e. The minimum atomic E-state index is 0.296. The first-order chi connectivity index (χ1) is 8.58. The number of benzene rings is 1. The van der Waals surface area contributed by atoms with E-state index in [0.29, 0.717) is 11.3 Å². The van der Waals surface area contributed by atoms with Gasteiger partial charge in [0.15, 0.2) is 0 Å². The van der Waals surface area contributed by atoms with Gasteiger partial charge < -0.3 is 10.1 Å². The average molecular weight is 249 g/mol. The molecule has 1 unspecified atom stereocenters. The van der Waals surface area contributed by atoms with E-state index < -0.39 is 0 Å². The summed E-state index contributed by atoms with van der Waals surface area (Å²) in [5.41, 5.74) is 0.296. The second-order valence-electron chi connectivity index (χ2n) is 5.50. The van der Waals surface area contributed by atoms with Crippen molar-refractivity contribution in [2.24, 2.45) is 11.3 Å². The second-order valence-corrected chi connectivity index (χ2v) is 5.50. The Morgan fingerprint density at radius 1 is 1.22 bits per heavy atom. The molecule has 0 aliphatic carbocycles. The Labute approximate surface area is 112 Å². The summed E-state index contributed by atoms with van der Waals surface area (Å²) in [6.07, 6.45) is 1.08. The number of nitrogens with one attached hydrogen (secondary N) is 1. The van der Waals surface area contributed by atoms with Crippen LogP contribution in [0, 0.1) is 11.3 Å². The first-order valence-electron chi connectivity index (χ1n) is 6.97. The van der Waals surface area contributed by atoms with Crippen LogP contribution < -0.4 is 10.1 Å². The lowest BCUT2D eigenvalue weighted by Gasteiger charge is -2.34. The summed E-state index contributed by atoms with van der Waals surface area (Å²) < 4.78 is 5.80. The molecule has 0 saturated carbocycles. The molecule has 1 atom stereocenters. The zero-order valence-electron chi connectivity index (χ0n) is 12.2. The minimum absolute atomic E-state index is 0.296. The Hall–Kier alpha value is -1.02. The van der Waals surface area contributed by atoms with Crippen molar-refractivity contribution in [1.82, 2.24) is 5.32 Å². The van der Waals surface area contributed by atoms with Crippen LogP contribution in [0.4, 0.5) is 0 Å². The number of hydrogen-bond donors (Lipinski definition) is 1. The fourth-order valence-electron chi connectivity index (χ4n) is 1.91. The molecule has 0 aromatic heterocycles. The van der Waals surface area contributed by atoms with E-state index in [2.05, 4.69) is 33.0 Å². The molecule has 2 nitrogen and oxygen atoms in total. The topological polar surface area (TPSA) is 21.3 Å². The van der Waals surface area contributed by atoms with Crippen LogP contribution in [0.5, 0.6) is 5.75 Å². The van der Waals surface area contributed by atoms with E-state index >= 15 is 0 Å². The van der Waals surface area contributed by atoms with Gasteiger partial charge in [0.2, 0.25) is 0 Å². The Morgan fingerprint density at radius 3 is 2.44 bits per heavy atom. The summed E-state index contributed by atoms with van der Waals surface area (Å²) in [4.78, 5) is 0. The van der Waals surface area contributed by atoms with Gasteiger partial charge in [-0.15, -0.1) is 0 Å². The molecule has 18 heavy (non-hydrogen) atoms. The van der Waals surface area contributed by atoms with Gasteiger partial charge in [-0.3, -0.25) is 0 Å². The van der Waals surface area contributed by atoms with E-state index in [4.69, 9.17) is 4.74 Å². The van der Waals surface area contributed by atoms with Gasteiger partial charge >= 0.3 is 0 Å². The SMILES string of the molecule is CCNCC(C)(CCOc1ccccc1)C(C)C. The van der Waals surface area contributed by atoms with Gasteiger partial charge in [0, 0.05) is 6.54 Å². The monoisotopic (exact) mass is 249 g/mol. The third-order valence-corrected chi connectivity index (χ3v) is 3.86. The highest BCUT2D eigenvalue weighted by Gasteiger charge is 2.27. The molecule has 0 aliphatic rings. The molecule has 0 aliphatic heterocycles. The molecule has 0 bridgehead atoms. The minimum Gasteiger partial charge on any atom is -0.494 e. The molecular weight excluding hydrogens is 222 g/mol. The standard InChI is InChI=1S/C16H27NO/c1-5-17-13-16(4,14(2)3)11-12-18-15-9-7-6-8-10-15/h6-10,14,17H,5,11-13H2,1-4H3. The van der Waals surface area contributed by atoms with Crippen LogP contribution in [0.1, 0.15) is 34.1 Å². The van der Waals surface area contributed by atoms with E-state index in [-0.39, 0.29) is 0 Å². The molecule has 1 rings (SSSR count). The van der Waals surface area contributed by atoms with Crippen LogP contribution in [0.25, 0.3) is 0 Å². The third kappa shape index (κ3) is 4.69. The smallest absolute Gasteiger partial charge is 0.119 e. The molecule has 1 aromatic rings. The lowest BCUT2D eigenvalue weighted by atomic mass is 9.76. The van der Waals surface area contributed by atoms with Crippen molar-refractivity contribution in [1.29, 1.82) is 0 Å². The molecule has 102 valence electrons. The van der Waals surface area contributed by atoms with Crippen LogP contribution in [0.3, 0.4) is 0 Å². The maximum absolute atomic E-state index is 5.80. The van der Waals surface area contributed by atoms with Gasteiger partial charge in [-0.25, -0.2) is 0 Å². The van der Waals surface area contributed by atoms with E-state index in [1.165, 1.54) is 0 Å². The quantitative estimate of drug-likeness (QED) is 0.758. The lowest BCUT2D eigenvalue weighted by Crippen LogP contribution is -2.37. The first-order valence-corrected chi connectivity index (χ1v) is 6.97. The summed E-state index contributed by atoms with van der Waals surface area (Å²) in [6, 6.07) is 10.1. The van der Waals surface area contributed by atoms with Crippen molar-refractivity contribution in [3.63, 3.8) is 0 Å². The highest BCUT2D eigenvalue weighted by atomic mass is 16.5. The Balaban J connectivity index is 2.42. The normalized spacial score (nSPS) is 14.5. The summed E-state index contributed by atoms with van der Waals surface area (Å²) >= 11 is 0.